The Labute approximate surface area is 151 Å². The number of imide groups is 1. The van der Waals surface area contributed by atoms with Gasteiger partial charge in [0.05, 0.1) is 11.5 Å². The van der Waals surface area contributed by atoms with Crippen molar-refractivity contribution < 1.29 is 19.2 Å². The topological polar surface area (TPSA) is 89.8 Å². The van der Waals surface area contributed by atoms with Crippen LogP contribution in [0.1, 0.15) is 36.7 Å². The zero-order valence-electron chi connectivity index (χ0n) is 14.8. The number of carbonyl (C=O) groups is 2. The zero-order chi connectivity index (χ0) is 19.3. The highest BCUT2D eigenvalue weighted by atomic mass is 16.6. The van der Waals surface area contributed by atoms with Gasteiger partial charge in [0.1, 0.15) is 5.60 Å². The highest BCUT2D eigenvalue weighted by Crippen LogP contribution is 2.18. The van der Waals surface area contributed by atoms with E-state index in [0.29, 0.717) is 0 Å². The summed E-state index contributed by atoms with van der Waals surface area (Å²) in [6.45, 7) is 5.16. The lowest BCUT2D eigenvalue weighted by atomic mass is 10.1. The van der Waals surface area contributed by atoms with Gasteiger partial charge in [-0.25, -0.2) is 9.69 Å². The van der Waals surface area contributed by atoms with Gasteiger partial charge < -0.3 is 4.74 Å². The van der Waals surface area contributed by atoms with Crippen LogP contribution in [0.3, 0.4) is 0 Å². The van der Waals surface area contributed by atoms with Gasteiger partial charge in [-0.05, 0) is 38.5 Å². The first kappa shape index (κ1) is 19.1. The Morgan fingerprint density at radius 3 is 2.12 bits per heavy atom. The van der Waals surface area contributed by atoms with Crippen molar-refractivity contribution in [1.29, 1.82) is 0 Å². The van der Waals surface area contributed by atoms with Crippen LogP contribution in [0.5, 0.6) is 0 Å². The molecule has 0 spiro atoms. The van der Waals surface area contributed by atoms with Crippen LogP contribution < -0.4 is 0 Å². The van der Waals surface area contributed by atoms with Crippen molar-refractivity contribution >= 4 is 17.7 Å². The van der Waals surface area contributed by atoms with Gasteiger partial charge in [-0.2, -0.15) is 0 Å². The monoisotopic (exact) mass is 356 g/mol. The molecule has 0 heterocycles. The number of amides is 2. The summed E-state index contributed by atoms with van der Waals surface area (Å²) >= 11 is 0. The molecule has 0 radical (unpaired) electrons. The van der Waals surface area contributed by atoms with Crippen molar-refractivity contribution in [2.45, 2.75) is 32.9 Å². The molecule has 2 amide bonds. The average molecular weight is 356 g/mol. The molecule has 7 nitrogen and oxygen atoms in total. The number of benzene rings is 2. The Morgan fingerprint density at radius 2 is 1.62 bits per heavy atom. The minimum absolute atomic E-state index is 0.0333. The van der Waals surface area contributed by atoms with Crippen LogP contribution in [0.4, 0.5) is 10.5 Å². The minimum Gasteiger partial charge on any atom is -0.443 e. The summed E-state index contributed by atoms with van der Waals surface area (Å²) in [5.41, 5.74) is 0.0290. The van der Waals surface area contributed by atoms with E-state index >= 15 is 0 Å². The van der Waals surface area contributed by atoms with Gasteiger partial charge in [0, 0.05) is 17.7 Å². The van der Waals surface area contributed by atoms with Crippen molar-refractivity contribution in [2.24, 2.45) is 0 Å². The second-order valence-corrected chi connectivity index (χ2v) is 6.66. The Bertz CT molecular complexity index is 795. The summed E-state index contributed by atoms with van der Waals surface area (Å²) in [6.07, 6.45) is -0.773. The van der Waals surface area contributed by atoms with Crippen molar-refractivity contribution in [3.63, 3.8) is 0 Å². The summed E-state index contributed by atoms with van der Waals surface area (Å²) in [7, 11) is 0. The highest BCUT2D eigenvalue weighted by Gasteiger charge is 2.28. The summed E-state index contributed by atoms with van der Waals surface area (Å²) in [4.78, 5) is 36.5. The van der Waals surface area contributed by atoms with Crippen LogP contribution in [0, 0.1) is 10.1 Å². The van der Waals surface area contributed by atoms with Crippen LogP contribution in [0.15, 0.2) is 54.6 Å². The van der Waals surface area contributed by atoms with Crippen molar-refractivity contribution in [3.8, 4) is 0 Å². The molecule has 26 heavy (non-hydrogen) atoms. The molecule has 7 heteroatoms. The Balaban J connectivity index is 2.30. The fourth-order valence-electron chi connectivity index (χ4n) is 2.18. The molecule has 0 atom stereocenters. The normalized spacial score (nSPS) is 10.9. The van der Waals surface area contributed by atoms with Gasteiger partial charge in [-0.3, -0.25) is 14.9 Å². The van der Waals surface area contributed by atoms with E-state index in [4.69, 9.17) is 4.74 Å². The molecule has 0 N–H and O–H groups in total. The quantitative estimate of drug-likeness (QED) is 0.606. The number of non-ortho nitro benzene ring substituents is 1. The third-order valence-corrected chi connectivity index (χ3v) is 3.37. The van der Waals surface area contributed by atoms with Crippen LogP contribution in [-0.2, 0) is 11.3 Å². The summed E-state index contributed by atoms with van der Waals surface area (Å²) in [5, 5.41) is 10.8. The Morgan fingerprint density at radius 1 is 1.04 bits per heavy atom. The highest BCUT2D eigenvalue weighted by molar-refractivity contribution is 6.03. The SMILES string of the molecule is CC(C)(C)OC(=O)N(Cc1ccccc1)C(=O)c1ccc([N+](=O)[O-])cc1. The van der Waals surface area contributed by atoms with E-state index in [1.54, 1.807) is 45.0 Å². The van der Waals surface area contributed by atoms with E-state index in [1.165, 1.54) is 24.3 Å². The fraction of sp³-hybridized carbons (Fsp3) is 0.263. The van der Waals surface area contributed by atoms with E-state index in [1.807, 2.05) is 6.07 Å². The molecule has 2 aromatic carbocycles. The number of rotatable bonds is 4. The number of carbonyl (C=O) groups excluding carboxylic acids is 2. The standard InChI is InChI=1S/C19H20N2O5/c1-19(2,3)26-18(23)20(13-14-7-5-4-6-8-14)17(22)15-9-11-16(12-10-15)21(24)25/h4-12H,13H2,1-3H3. The lowest BCUT2D eigenvalue weighted by Crippen LogP contribution is -2.40. The van der Waals surface area contributed by atoms with Crippen LogP contribution >= 0.6 is 0 Å². The van der Waals surface area contributed by atoms with Crippen molar-refractivity contribution in [3.05, 3.63) is 75.8 Å². The maximum atomic E-state index is 12.8. The second kappa shape index (κ2) is 7.77. The van der Waals surface area contributed by atoms with Gasteiger partial charge in [0.15, 0.2) is 0 Å². The lowest BCUT2D eigenvalue weighted by Gasteiger charge is -2.26. The van der Waals surface area contributed by atoms with Crippen LogP contribution in [0.25, 0.3) is 0 Å². The smallest absolute Gasteiger partial charge is 0.417 e. The van der Waals surface area contributed by atoms with Crippen LogP contribution in [0.2, 0.25) is 0 Å². The molecule has 0 aliphatic heterocycles. The molecular formula is C19H20N2O5. The maximum Gasteiger partial charge on any atom is 0.417 e. The predicted molar refractivity (Wildman–Crippen MR) is 95.6 cm³/mol. The number of ether oxygens (including phenoxy) is 1. The molecule has 2 aromatic rings. The number of nitrogens with zero attached hydrogens (tertiary/aromatic N) is 2. The average Bonchev–Trinajstić information content (AvgIpc) is 2.58. The van der Waals surface area contributed by atoms with E-state index < -0.39 is 22.5 Å². The third-order valence-electron chi connectivity index (χ3n) is 3.37. The molecule has 0 aliphatic rings. The molecule has 0 unspecified atom stereocenters. The molecule has 0 bridgehead atoms. The van der Waals surface area contributed by atoms with Gasteiger partial charge in [0.25, 0.3) is 11.6 Å². The molecule has 0 fully saturated rings. The maximum absolute atomic E-state index is 12.8. The molecule has 0 saturated heterocycles. The first-order valence-electron chi connectivity index (χ1n) is 8.00. The number of hydrogen-bond acceptors (Lipinski definition) is 5. The van der Waals surface area contributed by atoms with Crippen LogP contribution in [-0.4, -0.2) is 27.4 Å². The molecule has 0 aromatic heterocycles. The Hall–Kier alpha value is -3.22. The molecule has 0 saturated carbocycles. The molecule has 0 aliphatic carbocycles. The van der Waals surface area contributed by atoms with Crippen molar-refractivity contribution in [2.75, 3.05) is 0 Å². The first-order valence-corrected chi connectivity index (χ1v) is 8.00. The van der Waals surface area contributed by atoms with Gasteiger partial charge >= 0.3 is 6.09 Å². The second-order valence-electron chi connectivity index (χ2n) is 6.66. The molecule has 136 valence electrons. The minimum atomic E-state index is -0.773. The van der Waals surface area contributed by atoms with E-state index in [-0.39, 0.29) is 17.8 Å². The summed E-state index contributed by atoms with van der Waals surface area (Å²) in [5.74, 6) is -0.585. The Kier molecular flexibility index (Phi) is 5.71. The first-order chi connectivity index (χ1) is 12.2. The summed E-state index contributed by atoms with van der Waals surface area (Å²) < 4.78 is 5.33. The largest absolute Gasteiger partial charge is 0.443 e. The van der Waals surface area contributed by atoms with E-state index in [0.717, 1.165) is 10.5 Å². The third kappa shape index (κ3) is 5.14. The number of nitro benzene ring substituents is 1. The van der Waals surface area contributed by atoms with Crippen molar-refractivity contribution in [1.82, 2.24) is 4.90 Å². The molecule has 2 rings (SSSR count). The van der Waals surface area contributed by atoms with E-state index in [2.05, 4.69) is 0 Å². The number of hydrogen-bond donors (Lipinski definition) is 0. The van der Waals surface area contributed by atoms with Gasteiger partial charge in [0.2, 0.25) is 0 Å². The van der Waals surface area contributed by atoms with Gasteiger partial charge in [-0.1, -0.05) is 30.3 Å². The fourth-order valence-corrected chi connectivity index (χ4v) is 2.18. The van der Waals surface area contributed by atoms with E-state index in [9.17, 15) is 19.7 Å². The predicted octanol–water partition coefficient (Wildman–Crippen LogP) is 4.17. The summed E-state index contributed by atoms with van der Waals surface area (Å²) in [6, 6.07) is 14.1. The molecular weight excluding hydrogens is 336 g/mol. The number of nitro groups is 1. The van der Waals surface area contributed by atoms with Gasteiger partial charge in [-0.15, -0.1) is 0 Å². The zero-order valence-corrected chi connectivity index (χ0v) is 14.8. The lowest BCUT2D eigenvalue weighted by molar-refractivity contribution is -0.384.